The number of rotatable bonds is 6. The van der Waals surface area contributed by atoms with Crippen LogP contribution in [-0.2, 0) is 11.0 Å². The van der Waals surface area contributed by atoms with Crippen molar-refractivity contribution in [2.45, 2.75) is 26.1 Å². The molecule has 1 aliphatic rings. The summed E-state index contributed by atoms with van der Waals surface area (Å²) >= 11 is 0. The molecule has 4 nitrogen and oxygen atoms in total. The topological polar surface area (TPSA) is 40.2 Å². The summed E-state index contributed by atoms with van der Waals surface area (Å²) in [7, 11) is 0. The van der Waals surface area contributed by atoms with Crippen LogP contribution < -0.4 is 10.2 Å². The molecule has 0 bridgehead atoms. The van der Waals surface area contributed by atoms with Gasteiger partial charge in [0.05, 0.1) is 5.56 Å². The van der Waals surface area contributed by atoms with E-state index in [0.29, 0.717) is 44.3 Å². The number of nitrogens with two attached hydrogens (primary N) is 1. The first kappa shape index (κ1) is 22.2. The molecule has 2 N–H and O–H groups in total. The van der Waals surface area contributed by atoms with Crippen molar-refractivity contribution in [3.63, 3.8) is 0 Å². The van der Waals surface area contributed by atoms with Crippen LogP contribution in [0.1, 0.15) is 31.0 Å². The van der Waals surface area contributed by atoms with Crippen molar-refractivity contribution in [3.05, 3.63) is 65.7 Å². The summed E-state index contributed by atoms with van der Waals surface area (Å²) in [4.78, 5) is 16.4. The lowest BCUT2D eigenvalue weighted by molar-refractivity contribution is -0.692. The quantitative estimate of drug-likeness (QED) is 0.779. The highest BCUT2D eigenvalue weighted by Crippen LogP contribution is 2.31. The maximum Gasteiger partial charge on any atom is 0.416 e. The Kier molecular flexibility index (Phi) is 7.02. The lowest BCUT2D eigenvalue weighted by Crippen LogP contribution is -2.88. The van der Waals surface area contributed by atoms with Crippen molar-refractivity contribution >= 4 is 11.6 Å². The van der Waals surface area contributed by atoms with Crippen molar-refractivity contribution in [3.8, 4) is 0 Å². The van der Waals surface area contributed by atoms with Crippen molar-refractivity contribution in [2.75, 3.05) is 37.6 Å². The Morgan fingerprint density at radius 1 is 1.00 bits per heavy atom. The first-order valence-electron chi connectivity index (χ1n) is 10.3. The van der Waals surface area contributed by atoms with Gasteiger partial charge in [0.2, 0.25) is 0 Å². The fourth-order valence-corrected chi connectivity index (χ4v) is 3.92. The van der Waals surface area contributed by atoms with Crippen molar-refractivity contribution in [1.82, 2.24) is 4.90 Å². The van der Waals surface area contributed by atoms with E-state index < -0.39 is 11.7 Å². The van der Waals surface area contributed by atoms with Crippen molar-refractivity contribution in [2.24, 2.45) is 5.92 Å². The fraction of sp³-hybridized carbons (Fsp3) is 0.435. The second-order valence-corrected chi connectivity index (χ2v) is 8.04. The Labute approximate surface area is 175 Å². The van der Waals surface area contributed by atoms with Crippen LogP contribution in [0.5, 0.6) is 0 Å². The van der Waals surface area contributed by atoms with Gasteiger partial charge in [-0.15, -0.1) is 0 Å². The first-order valence-corrected chi connectivity index (χ1v) is 10.3. The molecule has 0 spiro atoms. The van der Waals surface area contributed by atoms with E-state index in [1.165, 1.54) is 17.7 Å². The van der Waals surface area contributed by atoms with Crippen LogP contribution in [-0.4, -0.2) is 43.5 Å². The minimum atomic E-state index is -4.35. The highest BCUT2D eigenvalue weighted by atomic mass is 19.4. The zero-order chi connectivity index (χ0) is 21.7. The summed E-state index contributed by atoms with van der Waals surface area (Å²) in [5.74, 6) is 0.457. The van der Waals surface area contributed by atoms with Gasteiger partial charge in [-0.1, -0.05) is 50.2 Å². The van der Waals surface area contributed by atoms with E-state index >= 15 is 0 Å². The predicted octanol–water partition coefficient (Wildman–Crippen LogP) is 3.31. The summed E-state index contributed by atoms with van der Waals surface area (Å²) in [6, 6.07) is 15.8. The SMILES string of the molecule is CC(C)[C@@H]([NH2+]CC(=O)N1CCN(c2cccc(C(F)(F)F)c2)CC1)c1ccccc1. The third-order valence-electron chi connectivity index (χ3n) is 5.62. The molecule has 0 aliphatic carbocycles. The smallest absolute Gasteiger partial charge is 0.368 e. The van der Waals surface area contributed by atoms with Gasteiger partial charge in [-0.3, -0.25) is 4.79 Å². The highest BCUT2D eigenvalue weighted by molar-refractivity contribution is 5.77. The summed E-state index contributed by atoms with van der Waals surface area (Å²) in [6.07, 6.45) is -4.35. The molecule has 1 fully saturated rings. The molecule has 1 aliphatic heterocycles. The molecule has 1 amide bonds. The molecule has 1 heterocycles. The van der Waals surface area contributed by atoms with Crippen LogP contribution in [0.2, 0.25) is 0 Å². The summed E-state index contributed by atoms with van der Waals surface area (Å²) in [6.45, 7) is 6.74. The summed E-state index contributed by atoms with van der Waals surface area (Å²) < 4.78 is 38.9. The fourth-order valence-electron chi connectivity index (χ4n) is 3.92. The van der Waals surface area contributed by atoms with Crippen LogP contribution in [0.25, 0.3) is 0 Å². The Hall–Kier alpha value is -2.54. The number of anilines is 1. The minimum Gasteiger partial charge on any atom is -0.368 e. The molecule has 1 saturated heterocycles. The lowest BCUT2D eigenvalue weighted by Gasteiger charge is -2.36. The van der Waals surface area contributed by atoms with Gasteiger partial charge in [-0.05, 0) is 18.2 Å². The maximum absolute atomic E-state index is 13.0. The first-order chi connectivity index (χ1) is 14.3. The average Bonchev–Trinajstić information content (AvgIpc) is 2.74. The molecule has 3 rings (SSSR count). The minimum absolute atomic E-state index is 0.0697. The van der Waals surface area contributed by atoms with Gasteiger partial charge in [0.15, 0.2) is 6.54 Å². The Morgan fingerprint density at radius 2 is 1.67 bits per heavy atom. The number of benzene rings is 2. The largest absolute Gasteiger partial charge is 0.416 e. The molecule has 2 aromatic carbocycles. The molecular formula is C23H29F3N3O+. The third kappa shape index (κ3) is 5.53. The zero-order valence-electron chi connectivity index (χ0n) is 17.4. The second kappa shape index (κ2) is 9.51. The average molecular weight is 420 g/mol. The molecule has 2 aromatic rings. The van der Waals surface area contributed by atoms with Crippen LogP contribution >= 0.6 is 0 Å². The maximum atomic E-state index is 13.0. The van der Waals surface area contributed by atoms with E-state index in [1.54, 1.807) is 6.07 Å². The molecule has 30 heavy (non-hydrogen) atoms. The molecule has 0 radical (unpaired) electrons. The van der Waals surface area contributed by atoms with Crippen molar-refractivity contribution < 1.29 is 23.3 Å². The highest BCUT2D eigenvalue weighted by Gasteiger charge is 2.31. The molecule has 1 atom stereocenters. The van der Waals surface area contributed by atoms with Gasteiger partial charge in [-0.25, -0.2) is 0 Å². The second-order valence-electron chi connectivity index (χ2n) is 8.04. The lowest BCUT2D eigenvalue weighted by atomic mass is 9.96. The number of piperazine rings is 1. The standard InChI is InChI=1S/C23H28F3N3O/c1-17(2)22(18-7-4-3-5-8-18)27-16-21(30)29-13-11-28(12-14-29)20-10-6-9-19(15-20)23(24,25)26/h3-10,15,17,22,27H,11-14,16H2,1-2H3/p+1/t22-/m1/s1. The number of amides is 1. The van der Waals surface area contributed by atoms with Crippen LogP contribution in [0.3, 0.4) is 0 Å². The number of alkyl halides is 3. The number of hydrogen-bond donors (Lipinski definition) is 1. The van der Waals surface area contributed by atoms with Gasteiger partial charge in [0.1, 0.15) is 6.04 Å². The van der Waals surface area contributed by atoms with E-state index in [2.05, 4.69) is 31.3 Å². The molecule has 0 aromatic heterocycles. The van der Waals surface area contributed by atoms with Crippen LogP contribution in [0, 0.1) is 5.92 Å². The van der Waals surface area contributed by atoms with Crippen molar-refractivity contribution in [1.29, 1.82) is 0 Å². The number of hydrogen-bond acceptors (Lipinski definition) is 2. The van der Waals surface area contributed by atoms with Gasteiger partial charge < -0.3 is 15.1 Å². The monoisotopic (exact) mass is 420 g/mol. The van der Waals surface area contributed by atoms with E-state index in [4.69, 9.17) is 0 Å². The zero-order valence-corrected chi connectivity index (χ0v) is 17.4. The summed E-state index contributed by atoms with van der Waals surface area (Å²) in [5, 5.41) is 2.08. The normalized spacial score (nSPS) is 16.1. The number of nitrogens with zero attached hydrogens (tertiary/aromatic N) is 2. The molecular weight excluding hydrogens is 391 g/mol. The molecule has 0 saturated carbocycles. The Morgan fingerprint density at radius 3 is 2.27 bits per heavy atom. The molecule has 7 heteroatoms. The van der Waals surface area contributed by atoms with E-state index in [-0.39, 0.29) is 11.9 Å². The number of halogens is 3. The molecule has 162 valence electrons. The van der Waals surface area contributed by atoms with Gasteiger partial charge in [0, 0.05) is 43.3 Å². The number of quaternary nitrogens is 1. The number of carbonyl (C=O) groups excluding carboxylic acids is 1. The third-order valence-corrected chi connectivity index (χ3v) is 5.62. The Bertz CT molecular complexity index is 831. The van der Waals surface area contributed by atoms with E-state index in [9.17, 15) is 18.0 Å². The predicted molar refractivity (Wildman–Crippen MR) is 111 cm³/mol. The number of carbonyl (C=O) groups is 1. The van der Waals surface area contributed by atoms with Crippen LogP contribution in [0.15, 0.2) is 54.6 Å². The van der Waals surface area contributed by atoms with E-state index in [0.717, 1.165) is 6.07 Å². The van der Waals surface area contributed by atoms with Gasteiger partial charge in [-0.2, -0.15) is 13.2 Å². The Balaban J connectivity index is 1.54. The van der Waals surface area contributed by atoms with Crippen LogP contribution in [0.4, 0.5) is 18.9 Å². The van der Waals surface area contributed by atoms with Gasteiger partial charge in [0.25, 0.3) is 5.91 Å². The van der Waals surface area contributed by atoms with E-state index in [1.807, 2.05) is 28.0 Å². The molecule has 0 unspecified atom stereocenters. The summed E-state index contributed by atoms with van der Waals surface area (Å²) in [5.41, 5.74) is 1.11. The van der Waals surface area contributed by atoms with Gasteiger partial charge >= 0.3 is 6.18 Å².